The summed E-state index contributed by atoms with van der Waals surface area (Å²) in [5.41, 5.74) is 1.44. The van der Waals surface area contributed by atoms with Crippen molar-refractivity contribution in [2.75, 3.05) is 0 Å². The van der Waals surface area contributed by atoms with Crippen molar-refractivity contribution in [3.05, 3.63) is 41.4 Å². The van der Waals surface area contributed by atoms with Crippen molar-refractivity contribution in [2.45, 2.75) is 6.92 Å². The van der Waals surface area contributed by atoms with E-state index in [0.717, 1.165) is 6.20 Å². The number of nitrogens with zero attached hydrogens (tertiary/aromatic N) is 5. The van der Waals surface area contributed by atoms with Crippen LogP contribution in [0.25, 0.3) is 33.3 Å². The van der Waals surface area contributed by atoms with Gasteiger partial charge in [-0.05, 0) is 6.92 Å². The molecule has 0 bridgehead atoms. The zero-order valence-corrected chi connectivity index (χ0v) is 12.5. The molecule has 0 aromatic carbocycles. The molecule has 0 saturated heterocycles. The molecule has 0 aliphatic rings. The maximum Gasteiger partial charge on any atom is 0.232 e. The number of thiazole rings is 1. The molecule has 0 amide bonds. The standard InChI is InChI=1S/C14H8F2N6S/c1-6-9(16)11(14-17-2-3-23-14)22-12(20-6)7-4-18-13-10(7)21-8(15)5-19-13/h2-5H,1H3,(H,18,19). The predicted molar refractivity (Wildman–Crippen MR) is 80.7 cm³/mol. The Morgan fingerprint density at radius 1 is 1.13 bits per heavy atom. The van der Waals surface area contributed by atoms with Crippen LogP contribution in [-0.4, -0.2) is 29.9 Å². The van der Waals surface area contributed by atoms with E-state index in [4.69, 9.17) is 0 Å². The molecular weight excluding hydrogens is 322 g/mol. The van der Waals surface area contributed by atoms with E-state index in [2.05, 4.69) is 29.9 Å². The fourth-order valence-corrected chi connectivity index (χ4v) is 2.82. The summed E-state index contributed by atoms with van der Waals surface area (Å²) in [6, 6.07) is 0. The number of fused-ring (bicyclic) bond motifs is 1. The van der Waals surface area contributed by atoms with E-state index < -0.39 is 11.8 Å². The van der Waals surface area contributed by atoms with Gasteiger partial charge in [0.1, 0.15) is 16.2 Å². The first-order chi connectivity index (χ1) is 11.1. The Bertz CT molecular complexity index is 1010. The summed E-state index contributed by atoms with van der Waals surface area (Å²) in [4.78, 5) is 23.1. The van der Waals surface area contributed by atoms with Gasteiger partial charge in [-0.3, -0.25) is 0 Å². The van der Waals surface area contributed by atoms with Crippen LogP contribution in [0, 0.1) is 18.7 Å². The Kier molecular flexibility index (Phi) is 3.08. The molecule has 1 N–H and O–H groups in total. The number of rotatable bonds is 2. The molecule has 0 spiro atoms. The molecule has 6 nitrogen and oxygen atoms in total. The SMILES string of the molecule is Cc1nc(-c2c[nH]c3ncc(F)nc23)nc(-c2nccs2)c1F. The molecule has 4 aromatic heterocycles. The molecule has 114 valence electrons. The highest BCUT2D eigenvalue weighted by molar-refractivity contribution is 7.13. The summed E-state index contributed by atoms with van der Waals surface area (Å²) in [7, 11) is 0. The second-order valence-corrected chi connectivity index (χ2v) is 5.62. The van der Waals surface area contributed by atoms with Crippen LogP contribution in [0.4, 0.5) is 8.78 Å². The number of hydrogen-bond acceptors (Lipinski definition) is 6. The van der Waals surface area contributed by atoms with E-state index in [1.54, 1.807) is 24.7 Å². The van der Waals surface area contributed by atoms with E-state index in [1.807, 2.05) is 0 Å². The maximum absolute atomic E-state index is 14.3. The van der Waals surface area contributed by atoms with Gasteiger partial charge in [-0.1, -0.05) is 0 Å². The van der Waals surface area contributed by atoms with Gasteiger partial charge in [-0.2, -0.15) is 4.39 Å². The molecule has 0 saturated carbocycles. The van der Waals surface area contributed by atoms with Crippen LogP contribution < -0.4 is 0 Å². The summed E-state index contributed by atoms with van der Waals surface area (Å²) in [5.74, 6) is -1.00. The van der Waals surface area contributed by atoms with E-state index in [1.165, 1.54) is 11.3 Å². The van der Waals surface area contributed by atoms with Gasteiger partial charge >= 0.3 is 0 Å². The van der Waals surface area contributed by atoms with E-state index >= 15 is 0 Å². The zero-order chi connectivity index (χ0) is 16.0. The van der Waals surface area contributed by atoms with Crippen molar-refractivity contribution in [1.82, 2.24) is 29.9 Å². The molecule has 0 aliphatic carbocycles. The first-order valence-corrected chi connectivity index (χ1v) is 7.45. The van der Waals surface area contributed by atoms with Crippen LogP contribution in [0.15, 0.2) is 24.0 Å². The molecule has 0 fully saturated rings. The number of halogens is 2. The largest absolute Gasteiger partial charge is 0.344 e. The monoisotopic (exact) mass is 330 g/mol. The lowest BCUT2D eigenvalue weighted by molar-refractivity contribution is 0.583. The van der Waals surface area contributed by atoms with Gasteiger partial charge in [-0.25, -0.2) is 29.3 Å². The third-order valence-electron chi connectivity index (χ3n) is 3.24. The third kappa shape index (κ3) is 2.25. The van der Waals surface area contributed by atoms with Crippen molar-refractivity contribution in [3.8, 4) is 22.1 Å². The van der Waals surface area contributed by atoms with Gasteiger partial charge in [0, 0.05) is 17.8 Å². The zero-order valence-electron chi connectivity index (χ0n) is 11.7. The molecule has 4 aromatic rings. The number of nitrogens with one attached hydrogen (secondary N) is 1. The van der Waals surface area contributed by atoms with Crippen molar-refractivity contribution in [3.63, 3.8) is 0 Å². The van der Waals surface area contributed by atoms with Crippen molar-refractivity contribution in [1.29, 1.82) is 0 Å². The van der Waals surface area contributed by atoms with E-state index in [9.17, 15) is 8.78 Å². The van der Waals surface area contributed by atoms with Gasteiger partial charge in [0.2, 0.25) is 5.95 Å². The second kappa shape index (κ2) is 5.13. The molecular formula is C14H8F2N6S. The maximum atomic E-state index is 14.3. The van der Waals surface area contributed by atoms with Gasteiger partial charge in [0.05, 0.1) is 17.5 Å². The molecule has 0 aliphatic heterocycles. The topological polar surface area (TPSA) is 80.2 Å². The van der Waals surface area contributed by atoms with Crippen molar-refractivity contribution in [2.24, 2.45) is 0 Å². The number of aromatic nitrogens is 6. The highest BCUT2D eigenvalue weighted by Crippen LogP contribution is 2.29. The van der Waals surface area contributed by atoms with Gasteiger partial charge in [0.25, 0.3) is 0 Å². The molecule has 0 radical (unpaired) electrons. The number of aromatic amines is 1. The predicted octanol–water partition coefficient (Wildman–Crippen LogP) is 3.13. The smallest absolute Gasteiger partial charge is 0.232 e. The molecule has 9 heteroatoms. The summed E-state index contributed by atoms with van der Waals surface area (Å²) < 4.78 is 27.7. The fourth-order valence-electron chi connectivity index (χ4n) is 2.20. The highest BCUT2D eigenvalue weighted by Gasteiger charge is 2.19. The quantitative estimate of drug-likeness (QED) is 0.611. The van der Waals surface area contributed by atoms with Crippen LogP contribution in [-0.2, 0) is 0 Å². The average molecular weight is 330 g/mol. The lowest BCUT2D eigenvalue weighted by atomic mass is 10.2. The molecule has 0 unspecified atom stereocenters. The fraction of sp³-hybridized carbons (Fsp3) is 0.0714. The minimum atomic E-state index is -0.711. The Balaban J connectivity index is 1.97. The Morgan fingerprint density at radius 3 is 2.78 bits per heavy atom. The van der Waals surface area contributed by atoms with Crippen LogP contribution in [0.5, 0.6) is 0 Å². The van der Waals surface area contributed by atoms with Crippen LogP contribution in [0.1, 0.15) is 5.69 Å². The summed E-state index contributed by atoms with van der Waals surface area (Å²) in [6.07, 6.45) is 4.16. The van der Waals surface area contributed by atoms with Gasteiger partial charge < -0.3 is 4.98 Å². The van der Waals surface area contributed by atoms with Crippen molar-refractivity contribution >= 4 is 22.5 Å². The molecule has 23 heavy (non-hydrogen) atoms. The number of aryl methyl sites for hydroxylation is 1. The summed E-state index contributed by atoms with van der Waals surface area (Å²) in [5, 5.41) is 2.18. The second-order valence-electron chi connectivity index (χ2n) is 4.72. The Labute approximate surface area is 132 Å². The van der Waals surface area contributed by atoms with Crippen LogP contribution in [0.3, 0.4) is 0 Å². The third-order valence-corrected chi connectivity index (χ3v) is 4.02. The molecule has 4 heterocycles. The van der Waals surface area contributed by atoms with Gasteiger partial charge in [-0.15, -0.1) is 11.3 Å². The lowest BCUT2D eigenvalue weighted by Crippen LogP contribution is -2.00. The summed E-state index contributed by atoms with van der Waals surface area (Å²) in [6.45, 7) is 1.54. The lowest BCUT2D eigenvalue weighted by Gasteiger charge is -2.05. The van der Waals surface area contributed by atoms with Crippen LogP contribution >= 0.6 is 11.3 Å². The summed E-state index contributed by atoms with van der Waals surface area (Å²) >= 11 is 1.27. The first-order valence-electron chi connectivity index (χ1n) is 6.57. The average Bonchev–Trinajstić information content (AvgIpc) is 3.19. The Morgan fingerprint density at radius 2 is 2.00 bits per heavy atom. The van der Waals surface area contributed by atoms with E-state index in [0.29, 0.717) is 21.7 Å². The minimum Gasteiger partial charge on any atom is -0.344 e. The molecule has 0 atom stereocenters. The number of H-pyrrole nitrogens is 1. The minimum absolute atomic E-state index is 0.112. The molecule has 4 rings (SSSR count). The Hall–Kier alpha value is -2.81. The highest BCUT2D eigenvalue weighted by atomic mass is 32.1. The van der Waals surface area contributed by atoms with Crippen LogP contribution in [0.2, 0.25) is 0 Å². The van der Waals surface area contributed by atoms with Gasteiger partial charge in [0.15, 0.2) is 17.3 Å². The first kappa shape index (κ1) is 13.8. The van der Waals surface area contributed by atoms with Crippen molar-refractivity contribution < 1.29 is 8.78 Å². The number of hydrogen-bond donors (Lipinski definition) is 1. The normalized spacial score (nSPS) is 11.3. The van der Waals surface area contributed by atoms with E-state index in [-0.39, 0.29) is 17.2 Å².